The Labute approximate surface area is 138 Å². The van der Waals surface area contributed by atoms with E-state index in [9.17, 15) is 15.0 Å². The summed E-state index contributed by atoms with van der Waals surface area (Å²) in [7, 11) is 1.47. The van der Waals surface area contributed by atoms with Gasteiger partial charge in [0.2, 0.25) is 0 Å². The number of fused-ring (bicyclic) bond motifs is 1. The van der Waals surface area contributed by atoms with E-state index in [4.69, 9.17) is 9.15 Å². The molecular weight excluding hydrogens is 308 g/mol. The van der Waals surface area contributed by atoms with Crippen LogP contribution < -0.4 is 10.4 Å². The van der Waals surface area contributed by atoms with Gasteiger partial charge in [-0.1, -0.05) is 24.3 Å². The molecule has 0 atom stereocenters. The summed E-state index contributed by atoms with van der Waals surface area (Å²) in [4.78, 5) is 12.2. The minimum atomic E-state index is -1.37. The maximum atomic E-state index is 12.2. The molecule has 2 aromatic carbocycles. The molecule has 5 nitrogen and oxygen atoms in total. The predicted octanol–water partition coefficient (Wildman–Crippen LogP) is 3.40. The van der Waals surface area contributed by atoms with Crippen LogP contribution in [0.2, 0.25) is 0 Å². The lowest BCUT2D eigenvalue weighted by atomic mass is 9.92. The molecule has 0 aliphatic carbocycles. The highest BCUT2D eigenvalue weighted by Crippen LogP contribution is 2.39. The van der Waals surface area contributed by atoms with E-state index in [1.54, 1.807) is 44.2 Å². The monoisotopic (exact) mass is 326 g/mol. The minimum Gasteiger partial charge on any atom is -0.504 e. The number of hydrogen-bond acceptors (Lipinski definition) is 5. The van der Waals surface area contributed by atoms with Crippen molar-refractivity contribution >= 4 is 10.8 Å². The fourth-order valence-electron chi connectivity index (χ4n) is 2.76. The van der Waals surface area contributed by atoms with Gasteiger partial charge in [-0.05, 0) is 37.6 Å². The molecule has 0 aliphatic rings. The first-order chi connectivity index (χ1) is 11.3. The molecule has 3 rings (SSSR count). The molecule has 5 heteroatoms. The standard InChI is InChI=1S/C19H18O5/c1-19(2,22)17-16(11-8-9-15(23-3)14(20)10-11)12-6-4-5-7-13(12)18(21)24-17/h4-10,20,22H,1-3H3. The average Bonchev–Trinajstić information content (AvgIpc) is 2.54. The lowest BCUT2D eigenvalue weighted by Crippen LogP contribution is -2.20. The third-order valence-corrected chi connectivity index (χ3v) is 3.86. The summed E-state index contributed by atoms with van der Waals surface area (Å²) in [6, 6.07) is 11.9. The van der Waals surface area contributed by atoms with Crippen LogP contribution in [0.25, 0.3) is 21.9 Å². The van der Waals surface area contributed by atoms with E-state index in [2.05, 4.69) is 0 Å². The number of ether oxygens (including phenoxy) is 1. The molecule has 1 aromatic heterocycles. The van der Waals surface area contributed by atoms with Gasteiger partial charge >= 0.3 is 5.63 Å². The van der Waals surface area contributed by atoms with Crippen molar-refractivity contribution in [2.45, 2.75) is 19.4 Å². The summed E-state index contributed by atoms with van der Waals surface area (Å²) in [5.74, 6) is 0.452. The second-order valence-corrected chi connectivity index (χ2v) is 6.08. The lowest BCUT2D eigenvalue weighted by Gasteiger charge is -2.21. The Balaban J connectivity index is 2.43. The van der Waals surface area contributed by atoms with E-state index in [1.807, 2.05) is 6.07 Å². The van der Waals surface area contributed by atoms with Crippen molar-refractivity contribution in [1.82, 2.24) is 0 Å². The van der Waals surface area contributed by atoms with Gasteiger partial charge in [0, 0.05) is 10.9 Å². The third-order valence-electron chi connectivity index (χ3n) is 3.86. The number of aromatic hydroxyl groups is 1. The molecule has 0 unspecified atom stereocenters. The van der Waals surface area contributed by atoms with Crippen LogP contribution in [0, 0.1) is 0 Å². The maximum absolute atomic E-state index is 12.2. The van der Waals surface area contributed by atoms with Gasteiger partial charge in [0.1, 0.15) is 11.4 Å². The highest BCUT2D eigenvalue weighted by atomic mass is 16.5. The first kappa shape index (κ1) is 16.1. The summed E-state index contributed by atoms with van der Waals surface area (Å²) >= 11 is 0. The van der Waals surface area contributed by atoms with Gasteiger partial charge < -0.3 is 19.4 Å². The summed E-state index contributed by atoms with van der Waals surface area (Å²) in [6.45, 7) is 3.10. The van der Waals surface area contributed by atoms with Crippen LogP contribution in [0.1, 0.15) is 19.6 Å². The highest BCUT2D eigenvalue weighted by Gasteiger charge is 2.27. The topological polar surface area (TPSA) is 79.9 Å². The second-order valence-electron chi connectivity index (χ2n) is 6.08. The Hall–Kier alpha value is -2.79. The Kier molecular flexibility index (Phi) is 3.81. The fraction of sp³-hybridized carbons (Fsp3) is 0.211. The number of benzene rings is 2. The van der Waals surface area contributed by atoms with Crippen molar-refractivity contribution in [1.29, 1.82) is 0 Å². The number of methoxy groups -OCH3 is 1. The lowest BCUT2D eigenvalue weighted by molar-refractivity contribution is 0.0521. The first-order valence-electron chi connectivity index (χ1n) is 7.49. The molecule has 24 heavy (non-hydrogen) atoms. The number of rotatable bonds is 3. The molecule has 1 heterocycles. The van der Waals surface area contributed by atoms with Gasteiger partial charge in [0.05, 0.1) is 12.5 Å². The number of aliphatic hydroxyl groups is 1. The van der Waals surface area contributed by atoms with E-state index < -0.39 is 11.2 Å². The third kappa shape index (κ3) is 2.63. The van der Waals surface area contributed by atoms with Gasteiger partial charge in [-0.25, -0.2) is 4.79 Å². The van der Waals surface area contributed by atoms with Crippen LogP contribution in [-0.2, 0) is 5.60 Å². The Bertz CT molecular complexity index is 964. The van der Waals surface area contributed by atoms with Crippen molar-refractivity contribution in [2.24, 2.45) is 0 Å². The van der Waals surface area contributed by atoms with Crippen molar-refractivity contribution in [3.05, 3.63) is 58.6 Å². The number of phenols is 1. The van der Waals surface area contributed by atoms with E-state index in [1.165, 1.54) is 13.2 Å². The molecule has 0 saturated carbocycles. The smallest absolute Gasteiger partial charge is 0.343 e. The van der Waals surface area contributed by atoms with Gasteiger partial charge in [0.25, 0.3) is 0 Å². The second kappa shape index (κ2) is 5.69. The van der Waals surface area contributed by atoms with Crippen LogP contribution in [0.4, 0.5) is 0 Å². The van der Waals surface area contributed by atoms with E-state index in [0.29, 0.717) is 27.6 Å². The average molecular weight is 326 g/mol. The zero-order valence-corrected chi connectivity index (χ0v) is 13.7. The molecule has 0 bridgehead atoms. The molecule has 3 aromatic rings. The van der Waals surface area contributed by atoms with Crippen molar-refractivity contribution in [3.8, 4) is 22.6 Å². The Morgan fingerprint density at radius 2 is 1.75 bits per heavy atom. The van der Waals surface area contributed by atoms with Crippen LogP contribution >= 0.6 is 0 Å². The Morgan fingerprint density at radius 1 is 1.08 bits per heavy atom. The SMILES string of the molecule is COc1ccc(-c2c(C(C)(C)O)oc(=O)c3ccccc23)cc1O. The van der Waals surface area contributed by atoms with Crippen LogP contribution in [-0.4, -0.2) is 17.3 Å². The molecule has 0 spiro atoms. The maximum Gasteiger partial charge on any atom is 0.343 e. The van der Waals surface area contributed by atoms with Crippen molar-refractivity contribution in [2.75, 3.05) is 7.11 Å². The molecule has 0 amide bonds. The van der Waals surface area contributed by atoms with Crippen LogP contribution in [0.15, 0.2) is 51.7 Å². The molecule has 0 aliphatic heterocycles. The molecule has 2 N–H and O–H groups in total. The summed E-state index contributed by atoms with van der Waals surface area (Å²) in [5, 5.41) is 21.6. The summed E-state index contributed by atoms with van der Waals surface area (Å²) < 4.78 is 10.5. The first-order valence-corrected chi connectivity index (χ1v) is 7.49. The van der Waals surface area contributed by atoms with Gasteiger partial charge in [0.15, 0.2) is 11.5 Å². The molecule has 0 fully saturated rings. The van der Waals surface area contributed by atoms with E-state index in [0.717, 1.165) is 0 Å². The fourth-order valence-corrected chi connectivity index (χ4v) is 2.76. The normalized spacial score (nSPS) is 11.7. The van der Waals surface area contributed by atoms with Gasteiger partial charge in [-0.2, -0.15) is 0 Å². The zero-order valence-electron chi connectivity index (χ0n) is 13.7. The van der Waals surface area contributed by atoms with Gasteiger partial charge in [-0.3, -0.25) is 0 Å². The molecule has 0 radical (unpaired) electrons. The summed E-state index contributed by atoms with van der Waals surface area (Å²) in [5.41, 5.74) is -0.695. The Morgan fingerprint density at radius 3 is 2.33 bits per heavy atom. The summed E-state index contributed by atoms with van der Waals surface area (Å²) in [6.07, 6.45) is 0. The highest BCUT2D eigenvalue weighted by molar-refractivity contribution is 5.97. The predicted molar refractivity (Wildman–Crippen MR) is 91.4 cm³/mol. The van der Waals surface area contributed by atoms with Crippen LogP contribution in [0.3, 0.4) is 0 Å². The number of phenolic OH excluding ortho intramolecular Hbond substituents is 1. The molecule has 124 valence electrons. The van der Waals surface area contributed by atoms with Crippen molar-refractivity contribution in [3.63, 3.8) is 0 Å². The number of hydrogen-bond donors (Lipinski definition) is 2. The van der Waals surface area contributed by atoms with E-state index >= 15 is 0 Å². The largest absolute Gasteiger partial charge is 0.504 e. The van der Waals surface area contributed by atoms with E-state index in [-0.39, 0.29) is 11.5 Å². The van der Waals surface area contributed by atoms with Crippen LogP contribution in [0.5, 0.6) is 11.5 Å². The minimum absolute atomic E-state index is 0.0352. The molecular formula is C19H18O5. The van der Waals surface area contributed by atoms with Crippen molar-refractivity contribution < 1.29 is 19.4 Å². The molecule has 0 saturated heterocycles. The zero-order chi connectivity index (χ0) is 17.5. The van der Waals surface area contributed by atoms with Gasteiger partial charge in [-0.15, -0.1) is 0 Å². The quantitative estimate of drug-likeness (QED) is 0.771.